The number of ether oxygens (including phenoxy) is 1. The minimum Gasteiger partial charge on any atom is -0.504 e. The zero-order valence-electron chi connectivity index (χ0n) is 8.37. The Kier molecular flexibility index (Phi) is 2.58. The molecule has 0 fully saturated rings. The van der Waals surface area contributed by atoms with Crippen LogP contribution in [0, 0.1) is 0 Å². The van der Waals surface area contributed by atoms with E-state index in [2.05, 4.69) is 5.10 Å². The van der Waals surface area contributed by atoms with Crippen LogP contribution in [-0.2, 0) is 0 Å². The standard InChI is InChI=1S/C11H12N2O2/c1-9(13-8-4-7-12-13)15-11-6-3-2-5-10(11)14/h2-9,14H,1H3. The smallest absolute Gasteiger partial charge is 0.188 e. The summed E-state index contributed by atoms with van der Waals surface area (Å²) in [7, 11) is 0. The fourth-order valence-electron chi connectivity index (χ4n) is 1.29. The van der Waals surface area contributed by atoms with Gasteiger partial charge in [-0.15, -0.1) is 0 Å². The molecule has 2 aromatic rings. The fourth-order valence-corrected chi connectivity index (χ4v) is 1.29. The van der Waals surface area contributed by atoms with Crippen molar-refractivity contribution in [2.24, 2.45) is 0 Å². The zero-order chi connectivity index (χ0) is 10.7. The van der Waals surface area contributed by atoms with E-state index in [4.69, 9.17) is 4.74 Å². The molecule has 0 aliphatic heterocycles. The first-order valence-electron chi connectivity index (χ1n) is 4.71. The highest BCUT2D eigenvalue weighted by Gasteiger charge is 2.08. The Morgan fingerprint density at radius 2 is 2.13 bits per heavy atom. The van der Waals surface area contributed by atoms with Gasteiger partial charge in [-0.2, -0.15) is 5.10 Å². The van der Waals surface area contributed by atoms with Crippen molar-refractivity contribution in [3.05, 3.63) is 42.7 Å². The van der Waals surface area contributed by atoms with Crippen molar-refractivity contribution in [1.29, 1.82) is 0 Å². The Hall–Kier alpha value is -1.97. The number of nitrogens with zero attached hydrogens (tertiary/aromatic N) is 2. The molecule has 1 atom stereocenters. The molecule has 0 radical (unpaired) electrons. The molecular weight excluding hydrogens is 192 g/mol. The average Bonchev–Trinajstić information content (AvgIpc) is 2.74. The number of rotatable bonds is 3. The van der Waals surface area contributed by atoms with Crippen molar-refractivity contribution in [1.82, 2.24) is 9.78 Å². The molecule has 1 N–H and O–H groups in total. The summed E-state index contributed by atoms with van der Waals surface area (Å²) in [6.07, 6.45) is 3.25. The van der Waals surface area contributed by atoms with Gasteiger partial charge in [0.2, 0.25) is 0 Å². The number of hydrogen-bond acceptors (Lipinski definition) is 3. The maximum atomic E-state index is 9.50. The molecule has 1 aromatic carbocycles. The molecule has 0 amide bonds. The van der Waals surface area contributed by atoms with E-state index in [0.717, 1.165) is 0 Å². The first-order valence-corrected chi connectivity index (χ1v) is 4.71. The van der Waals surface area contributed by atoms with E-state index in [1.54, 1.807) is 29.1 Å². The van der Waals surface area contributed by atoms with E-state index in [1.165, 1.54) is 0 Å². The Balaban J connectivity index is 2.13. The van der Waals surface area contributed by atoms with Gasteiger partial charge in [-0.05, 0) is 25.1 Å². The van der Waals surface area contributed by atoms with Gasteiger partial charge in [0.25, 0.3) is 0 Å². The number of para-hydroxylation sites is 2. The average molecular weight is 204 g/mol. The third kappa shape index (κ3) is 2.10. The Morgan fingerprint density at radius 1 is 1.33 bits per heavy atom. The van der Waals surface area contributed by atoms with Gasteiger partial charge in [0.05, 0.1) is 0 Å². The monoisotopic (exact) mass is 204 g/mol. The second kappa shape index (κ2) is 4.04. The molecule has 78 valence electrons. The van der Waals surface area contributed by atoms with E-state index in [0.29, 0.717) is 5.75 Å². The van der Waals surface area contributed by atoms with Gasteiger partial charge in [0.15, 0.2) is 17.7 Å². The van der Waals surface area contributed by atoms with Gasteiger partial charge in [-0.1, -0.05) is 12.1 Å². The summed E-state index contributed by atoms with van der Waals surface area (Å²) in [5.41, 5.74) is 0. The van der Waals surface area contributed by atoms with Gasteiger partial charge >= 0.3 is 0 Å². The zero-order valence-corrected chi connectivity index (χ0v) is 8.37. The van der Waals surface area contributed by atoms with Crippen molar-refractivity contribution in [2.45, 2.75) is 13.2 Å². The lowest BCUT2D eigenvalue weighted by Gasteiger charge is -2.15. The van der Waals surface area contributed by atoms with Crippen LogP contribution in [0.2, 0.25) is 0 Å². The first kappa shape index (κ1) is 9.58. The molecular formula is C11H12N2O2. The number of benzene rings is 1. The summed E-state index contributed by atoms with van der Waals surface area (Å²) in [5.74, 6) is 0.594. The van der Waals surface area contributed by atoms with Gasteiger partial charge in [0.1, 0.15) is 0 Å². The van der Waals surface area contributed by atoms with E-state index >= 15 is 0 Å². The van der Waals surface area contributed by atoms with Gasteiger partial charge in [-0.3, -0.25) is 0 Å². The maximum absolute atomic E-state index is 9.50. The molecule has 0 bridgehead atoms. The first-order chi connectivity index (χ1) is 7.27. The normalized spacial score (nSPS) is 12.3. The fraction of sp³-hybridized carbons (Fsp3) is 0.182. The molecule has 4 heteroatoms. The molecule has 2 rings (SSSR count). The summed E-state index contributed by atoms with van der Waals surface area (Å²) in [6.45, 7) is 1.86. The molecule has 0 aliphatic rings. The van der Waals surface area contributed by atoms with Crippen LogP contribution in [0.15, 0.2) is 42.7 Å². The summed E-state index contributed by atoms with van der Waals surface area (Å²) < 4.78 is 7.21. The summed E-state index contributed by atoms with van der Waals surface area (Å²) in [6, 6.07) is 8.69. The number of aromatic nitrogens is 2. The minimum atomic E-state index is -0.242. The predicted molar refractivity (Wildman–Crippen MR) is 55.7 cm³/mol. The maximum Gasteiger partial charge on any atom is 0.188 e. The van der Waals surface area contributed by atoms with Crippen molar-refractivity contribution >= 4 is 0 Å². The van der Waals surface area contributed by atoms with Crippen molar-refractivity contribution in [3.8, 4) is 11.5 Å². The highest BCUT2D eigenvalue weighted by atomic mass is 16.5. The van der Waals surface area contributed by atoms with Crippen molar-refractivity contribution < 1.29 is 9.84 Å². The lowest BCUT2D eigenvalue weighted by atomic mass is 10.3. The third-order valence-corrected chi connectivity index (χ3v) is 2.06. The van der Waals surface area contributed by atoms with Crippen molar-refractivity contribution in [2.75, 3.05) is 0 Å². The van der Waals surface area contributed by atoms with Crippen molar-refractivity contribution in [3.63, 3.8) is 0 Å². The van der Waals surface area contributed by atoms with Gasteiger partial charge in [0, 0.05) is 12.4 Å². The largest absolute Gasteiger partial charge is 0.504 e. The van der Waals surface area contributed by atoms with E-state index in [9.17, 15) is 5.11 Å². The topological polar surface area (TPSA) is 47.3 Å². The van der Waals surface area contributed by atoms with E-state index < -0.39 is 0 Å². The van der Waals surface area contributed by atoms with Crippen LogP contribution < -0.4 is 4.74 Å². The minimum absolute atomic E-state index is 0.136. The summed E-state index contributed by atoms with van der Waals surface area (Å²) in [5, 5.41) is 13.6. The molecule has 4 nitrogen and oxygen atoms in total. The number of phenols is 1. The molecule has 1 unspecified atom stereocenters. The van der Waals surface area contributed by atoms with Crippen LogP contribution in [0.1, 0.15) is 13.2 Å². The van der Waals surface area contributed by atoms with E-state index in [-0.39, 0.29) is 12.0 Å². The second-order valence-corrected chi connectivity index (χ2v) is 3.17. The summed E-state index contributed by atoms with van der Waals surface area (Å²) >= 11 is 0. The molecule has 0 aliphatic carbocycles. The number of aromatic hydroxyl groups is 1. The highest BCUT2D eigenvalue weighted by molar-refractivity contribution is 5.37. The SMILES string of the molecule is CC(Oc1ccccc1O)n1cccn1. The summed E-state index contributed by atoms with van der Waals surface area (Å²) in [4.78, 5) is 0. The molecule has 0 spiro atoms. The lowest BCUT2D eigenvalue weighted by Crippen LogP contribution is -2.12. The Bertz CT molecular complexity index is 426. The van der Waals surface area contributed by atoms with Gasteiger partial charge in [-0.25, -0.2) is 4.68 Å². The van der Waals surface area contributed by atoms with Crippen LogP contribution in [0.25, 0.3) is 0 Å². The second-order valence-electron chi connectivity index (χ2n) is 3.17. The molecule has 1 heterocycles. The van der Waals surface area contributed by atoms with Crippen LogP contribution >= 0.6 is 0 Å². The van der Waals surface area contributed by atoms with Gasteiger partial charge < -0.3 is 9.84 Å². The molecule has 0 saturated carbocycles. The molecule has 15 heavy (non-hydrogen) atoms. The van der Waals surface area contributed by atoms with Crippen LogP contribution in [-0.4, -0.2) is 14.9 Å². The molecule has 1 aromatic heterocycles. The van der Waals surface area contributed by atoms with E-state index in [1.807, 2.05) is 25.3 Å². The number of phenolic OH excluding ortho intramolecular Hbond substituents is 1. The Labute approximate surface area is 87.7 Å². The van der Waals surface area contributed by atoms with Crippen LogP contribution in [0.4, 0.5) is 0 Å². The Morgan fingerprint density at radius 3 is 2.80 bits per heavy atom. The lowest BCUT2D eigenvalue weighted by molar-refractivity contribution is 0.133. The predicted octanol–water partition coefficient (Wildman–Crippen LogP) is 2.19. The third-order valence-electron chi connectivity index (χ3n) is 2.06. The quantitative estimate of drug-likeness (QED) is 0.833. The van der Waals surface area contributed by atoms with Crippen LogP contribution in [0.3, 0.4) is 0 Å². The number of hydrogen-bond donors (Lipinski definition) is 1. The molecule has 0 saturated heterocycles. The van der Waals surface area contributed by atoms with Crippen LogP contribution in [0.5, 0.6) is 11.5 Å². The highest BCUT2D eigenvalue weighted by Crippen LogP contribution is 2.27.